The highest BCUT2D eigenvalue weighted by Gasteiger charge is 2.64. The average molecular weight is 490 g/mol. The van der Waals surface area contributed by atoms with E-state index in [1.165, 1.54) is 0 Å². The molecule has 16 heteroatoms. The van der Waals surface area contributed by atoms with Gasteiger partial charge in [-0.05, 0) is 12.1 Å². The number of hydrogen-bond donors (Lipinski definition) is 2. The zero-order chi connectivity index (χ0) is 24.2. The zero-order valence-electron chi connectivity index (χ0n) is 15.3. The van der Waals surface area contributed by atoms with E-state index >= 15 is 0 Å². The van der Waals surface area contributed by atoms with Crippen LogP contribution in [0.15, 0.2) is 18.2 Å². The summed E-state index contributed by atoms with van der Waals surface area (Å²) in [6.45, 7) is 0. The number of carbonyl (C=O) groups is 1. The SMILES string of the molecule is Cn1nc(C(F)(F)C(F)(F)F)c(C(F)(F)F)c1-c1n[nH]nc1-c1ccc(Cl)c(C(=O)O)c1. The van der Waals surface area contributed by atoms with Gasteiger partial charge in [-0.1, -0.05) is 17.7 Å². The van der Waals surface area contributed by atoms with Gasteiger partial charge in [0.2, 0.25) is 0 Å². The van der Waals surface area contributed by atoms with Gasteiger partial charge in [0.15, 0.2) is 5.69 Å². The van der Waals surface area contributed by atoms with Gasteiger partial charge in [-0.2, -0.15) is 55.6 Å². The Labute approximate surface area is 176 Å². The van der Waals surface area contributed by atoms with Gasteiger partial charge >= 0.3 is 24.2 Å². The molecule has 2 heterocycles. The van der Waals surface area contributed by atoms with E-state index in [0.29, 0.717) is 7.05 Å². The highest BCUT2D eigenvalue weighted by atomic mass is 35.5. The van der Waals surface area contributed by atoms with Crippen LogP contribution in [0.4, 0.5) is 35.1 Å². The summed E-state index contributed by atoms with van der Waals surface area (Å²) in [5, 5.41) is 20.7. The Morgan fingerprint density at radius 1 is 1.06 bits per heavy atom. The number of aryl methyl sites for hydroxylation is 1. The minimum absolute atomic E-state index is 0.158. The summed E-state index contributed by atoms with van der Waals surface area (Å²) >= 11 is 5.74. The van der Waals surface area contributed by atoms with Crippen LogP contribution in [-0.4, -0.2) is 42.4 Å². The van der Waals surface area contributed by atoms with Crippen molar-refractivity contribution >= 4 is 17.6 Å². The number of rotatable bonds is 4. The van der Waals surface area contributed by atoms with E-state index in [1.807, 2.05) is 5.21 Å². The Morgan fingerprint density at radius 2 is 1.66 bits per heavy atom. The van der Waals surface area contributed by atoms with Gasteiger partial charge in [0, 0.05) is 12.6 Å². The molecule has 0 unspecified atom stereocenters. The highest BCUT2D eigenvalue weighted by molar-refractivity contribution is 6.33. The smallest absolute Gasteiger partial charge is 0.459 e. The van der Waals surface area contributed by atoms with Crippen LogP contribution in [0.1, 0.15) is 21.6 Å². The molecule has 0 amide bonds. The molecule has 3 rings (SSSR count). The Kier molecular flexibility index (Phi) is 5.44. The standard InChI is InChI=1S/C16H8ClF8N5O2/c1-30-11(8(15(20,21)22)12(28-30)14(18,19)16(23,24)25)10-9(26-29-27-10)5-2-3-7(17)6(4-5)13(31)32/h2-4H,1H3,(H,31,32)(H,26,27,29). The van der Waals surface area contributed by atoms with Crippen molar-refractivity contribution in [1.82, 2.24) is 25.2 Å². The van der Waals surface area contributed by atoms with Gasteiger partial charge in [-0.15, -0.1) is 0 Å². The number of nitrogens with one attached hydrogen (secondary N) is 1. The lowest BCUT2D eigenvalue weighted by molar-refractivity contribution is -0.292. The van der Waals surface area contributed by atoms with E-state index in [0.717, 1.165) is 18.2 Å². The van der Waals surface area contributed by atoms with Crippen LogP contribution in [0, 0.1) is 0 Å². The van der Waals surface area contributed by atoms with Crippen molar-refractivity contribution in [3.8, 4) is 22.6 Å². The topological polar surface area (TPSA) is 96.7 Å². The fraction of sp³-hybridized carbons (Fsp3) is 0.250. The summed E-state index contributed by atoms with van der Waals surface area (Å²) in [7, 11) is 0.712. The molecular formula is C16H8ClF8N5O2. The fourth-order valence-electron chi connectivity index (χ4n) is 2.85. The van der Waals surface area contributed by atoms with Crippen molar-refractivity contribution in [2.24, 2.45) is 7.05 Å². The normalized spacial score (nSPS) is 12.9. The minimum atomic E-state index is -6.36. The van der Waals surface area contributed by atoms with Crippen molar-refractivity contribution in [1.29, 1.82) is 0 Å². The predicted molar refractivity (Wildman–Crippen MR) is 90.9 cm³/mol. The Bertz CT molecular complexity index is 1200. The van der Waals surface area contributed by atoms with E-state index < -0.39 is 58.1 Å². The molecule has 7 nitrogen and oxygen atoms in total. The number of hydrogen-bond acceptors (Lipinski definition) is 4. The van der Waals surface area contributed by atoms with Crippen LogP contribution in [0.3, 0.4) is 0 Å². The molecular weight excluding hydrogens is 482 g/mol. The maximum atomic E-state index is 13.9. The van der Waals surface area contributed by atoms with Gasteiger partial charge in [0.1, 0.15) is 22.6 Å². The summed E-state index contributed by atoms with van der Waals surface area (Å²) in [6.07, 6.45) is -12.1. The Morgan fingerprint density at radius 3 is 2.19 bits per heavy atom. The number of alkyl halides is 8. The molecule has 0 spiro atoms. The third kappa shape index (κ3) is 3.76. The van der Waals surface area contributed by atoms with Crippen molar-refractivity contribution in [3.05, 3.63) is 40.0 Å². The first-order valence-electron chi connectivity index (χ1n) is 8.11. The first-order chi connectivity index (χ1) is 14.6. The number of aromatic carboxylic acids is 1. The first kappa shape index (κ1) is 23.4. The lowest BCUT2D eigenvalue weighted by Crippen LogP contribution is -2.36. The summed E-state index contributed by atoms with van der Waals surface area (Å²) in [5.74, 6) is -7.43. The maximum Gasteiger partial charge on any atom is 0.459 e. The molecule has 0 saturated heterocycles. The molecule has 0 fully saturated rings. The molecule has 0 radical (unpaired) electrons. The Hall–Kier alpha value is -3.23. The Balaban J connectivity index is 2.32. The maximum absolute atomic E-state index is 13.9. The molecule has 0 aliphatic heterocycles. The van der Waals surface area contributed by atoms with Gasteiger partial charge in [-0.25, -0.2) is 4.79 Å². The second kappa shape index (κ2) is 7.43. The van der Waals surface area contributed by atoms with Gasteiger partial charge in [0.05, 0.1) is 10.6 Å². The predicted octanol–water partition coefficient (Wildman–Crippen LogP) is 4.90. The second-order valence-corrected chi connectivity index (χ2v) is 6.69. The lowest BCUT2D eigenvalue weighted by Gasteiger charge is -2.19. The van der Waals surface area contributed by atoms with Crippen LogP contribution in [0.25, 0.3) is 22.6 Å². The van der Waals surface area contributed by atoms with Crippen LogP contribution in [0.5, 0.6) is 0 Å². The van der Waals surface area contributed by atoms with E-state index in [9.17, 15) is 39.9 Å². The van der Waals surface area contributed by atoms with E-state index in [-0.39, 0.29) is 15.3 Å². The average Bonchev–Trinajstić information content (AvgIpc) is 3.24. The number of carboxylic acid groups (broad SMARTS) is 1. The number of benzene rings is 1. The van der Waals surface area contributed by atoms with Gasteiger partial charge < -0.3 is 5.11 Å². The third-order valence-electron chi connectivity index (χ3n) is 4.23. The number of H-pyrrole nitrogens is 1. The molecule has 2 N–H and O–H groups in total. The third-order valence-corrected chi connectivity index (χ3v) is 4.56. The number of aromatic amines is 1. The van der Waals surface area contributed by atoms with Crippen molar-refractivity contribution in [2.45, 2.75) is 18.3 Å². The molecule has 0 aliphatic rings. The molecule has 1 aromatic carbocycles. The quantitative estimate of drug-likeness (QED) is 0.508. The van der Waals surface area contributed by atoms with Gasteiger partial charge in [-0.3, -0.25) is 4.68 Å². The largest absolute Gasteiger partial charge is 0.478 e. The van der Waals surface area contributed by atoms with E-state index in [4.69, 9.17) is 16.7 Å². The summed E-state index contributed by atoms with van der Waals surface area (Å²) < 4.78 is 107. The summed E-state index contributed by atoms with van der Waals surface area (Å²) in [4.78, 5) is 11.3. The monoisotopic (exact) mass is 489 g/mol. The molecule has 3 aromatic rings. The number of aromatic nitrogens is 5. The van der Waals surface area contributed by atoms with Crippen LogP contribution in [0.2, 0.25) is 5.02 Å². The van der Waals surface area contributed by atoms with Crippen molar-refractivity contribution < 1.29 is 45.0 Å². The molecule has 0 aliphatic carbocycles. The van der Waals surface area contributed by atoms with E-state index in [1.54, 1.807) is 0 Å². The van der Waals surface area contributed by atoms with E-state index in [2.05, 4.69) is 15.3 Å². The van der Waals surface area contributed by atoms with Crippen LogP contribution in [-0.2, 0) is 19.1 Å². The fourth-order valence-corrected chi connectivity index (χ4v) is 3.05. The number of carboxylic acids is 1. The molecule has 0 bridgehead atoms. The lowest BCUT2D eigenvalue weighted by atomic mass is 10.0. The van der Waals surface area contributed by atoms with Crippen LogP contribution < -0.4 is 0 Å². The molecule has 32 heavy (non-hydrogen) atoms. The number of nitrogens with zero attached hydrogens (tertiary/aromatic N) is 4. The minimum Gasteiger partial charge on any atom is -0.478 e. The zero-order valence-corrected chi connectivity index (χ0v) is 16.0. The molecule has 172 valence electrons. The summed E-state index contributed by atoms with van der Waals surface area (Å²) in [6, 6.07) is 3.14. The van der Waals surface area contributed by atoms with Crippen molar-refractivity contribution in [2.75, 3.05) is 0 Å². The first-order valence-corrected chi connectivity index (χ1v) is 8.48. The molecule has 0 atom stereocenters. The van der Waals surface area contributed by atoms with Crippen molar-refractivity contribution in [3.63, 3.8) is 0 Å². The summed E-state index contributed by atoms with van der Waals surface area (Å²) in [5.41, 5.74) is -8.07. The van der Waals surface area contributed by atoms with Crippen LogP contribution >= 0.6 is 11.6 Å². The number of halogens is 9. The second-order valence-electron chi connectivity index (χ2n) is 6.29. The molecule has 0 saturated carbocycles. The van der Waals surface area contributed by atoms with Gasteiger partial charge in [0.25, 0.3) is 0 Å². The highest BCUT2D eigenvalue weighted by Crippen LogP contribution is 2.50. The molecule has 2 aromatic heterocycles.